The third kappa shape index (κ3) is 2.64. The number of nitrogens with zero attached hydrogens (tertiary/aromatic N) is 2. The monoisotopic (exact) mass is 327 g/mol. The Bertz CT molecular complexity index is 1000. The van der Waals surface area contributed by atoms with E-state index in [4.69, 9.17) is 9.15 Å². The molecule has 0 radical (unpaired) electrons. The Labute approximate surface area is 137 Å². The number of amides is 1. The van der Waals surface area contributed by atoms with Gasteiger partial charge < -0.3 is 14.5 Å². The molecule has 0 aliphatic carbocycles. The zero-order valence-electron chi connectivity index (χ0n) is 13.8. The molecule has 1 amide bonds. The number of anilines is 1. The number of fused-ring (bicyclic) bond motifs is 1. The van der Waals surface area contributed by atoms with Crippen LogP contribution in [0.3, 0.4) is 0 Å². The molecular formula is C17H17N3O4. The predicted molar refractivity (Wildman–Crippen MR) is 89.7 cm³/mol. The average Bonchev–Trinajstić information content (AvgIpc) is 2.80. The molecular weight excluding hydrogens is 310 g/mol. The van der Waals surface area contributed by atoms with Gasteiger partial charge in [0, 0.05) is 19.2 Å². The number of carbonyl (C=O) groups excluding carboxylic acids is 1. The molecule has 0 atom stereocenters. The van der Waals surface area contributed by atoms with Crippen molar-refractivity contribution in [2.24, 2.45) is 7.05 Å². The second-order valence-electron chi connectivity index (χ2n) is 5.46. The van der Waals surface area contributed by atoms with Gasteiger partial charge in [-0.25, -0.2) is 0 Å². The smallest absolute Gasteiger partial charge is 0.291 e. The van der Waals surface area contributed by atoms with E-state index in [0.717, 1.165) is 5.69 Å². The van der Waals surface area contributed by atoms with E-state index in [9.17, 15) is 9.59 Å². The first-order valence-corrected chi connectivity index (χ1v) is 7.34. The molecule has 0 unspecified atom stereocenters. The van der Waals surface area contributed by atoms with Crippen molar-refractivity contribution in [2.45, 2.75) is 13.8 Å². The van der Waals surface area contributed by atoms with Crippen LogP contribution >= 0.6 is 0 Å². The maximum atomic E-state index is 12.5. The van der Waals surface area contributed by atoms with E-state index in [1.807, 2.05) is 6.92 Å². The van der Waals surface area contributed by atoms with E-state index in [1.54, 1.807) is 36.9 Å². The Hall–Kier alpha value is -3.09. The largest absolute Gasteiger partial charge is 0.497 e. The normalized spacial score (nSPS) is 10.8. The highest BCUT2D eigenvalue weighted by Gasteiger charge is 2.17. The third-order valence-corrected chi connectivity index (χ3v) is 3.91. The lowest BCUT2D eigenvalue weighted by molar-refractivity contribution is 0.0997. The Kier molecular flexibility index (Phi) is 3.84. The molecule has 1 aromatic carbocycles. The number of rotatable bonds is 3. The second kappa shape index (κ2) is 5.84. The molecule has 0 spiro atoms. The summed E-state index contributed by atoms with van der Waals surface area (Å²) in [5.41, 5.74) is 2.12. The maximum absolute atomic E-state index is 12.5. The zero-order chi connectivity index (χ0) is 17.4. The fraction of sp³-hybridized carbons (Fsp3) is 0.235. The van der Waals surface area contributed by atoms with Crippen LogP contribution in [0.2, 0.25) is 0 Å². The molecule has 0 saturated carbocycles. The quantitative estimate of drug-likeness (QED) is 0.798. The van der Waals surface area contributed by atoms with Crippen LogP contribution in [0.4, 0.5) is 5.69 Å². The van der Waals surface area contributed by atoms with Crippen molar-refractivity contribution in [1.29, 1.82) is 0 Å². The molecule has 24 heavy (non-hydrogen) atoms. The molecule has 0 fully saturated rings. The number of aryl methyl sites for hydroxylation is 2. The van der Waals surface area contributed by atoms with Crippen molar-refractivity contribution in [1.82, 2.24) is 9.78 Å². The van der Waals surface area contributed by atoms with Crippen LogP contribution in [-0.2, 0) is 7.05 Å². The summed E-state index contributed by atoms with van der Waals surface area (Å²) >= 11 is 0. The topological polar surface area (TPSA) is 86.4 Å². The highest BCUT2D eigenvalue weighted by Crippen LogP contribution is 2.22. The fourth-order valence-corrected chi connectivity index (χ4v) is 2.50. The minimum atomic E-state index is -0.504. The van der Waals surface area contributed by atoms with Crippen molar-refractivity contribution in [2.75, 3.05) is 12.4 Å². The molecule has 3 aromatic rings. The maximum Gasteiger partial charge on any atom is 0.291 e. The summed E-state index contributed by atoms with van der Waals surface area (Å²) < 4.78 is 12.4. The summed E-state index contributed by atoms with van der Waals surface area (Å²) in [5.74, 6) is -0.0263. The Morgan fingerprint density at radius 3 is 2.67 bits per heavy atom. The van der Waals surface area contributed by atoms with E-state index < -0.39 is 5.91 Å². The standard InChI is InChI=1S/C17H17N3O4/c1-9-16(10(2)20(3)19-9)18-17(22)15-8-13(21)12-6-5-11(23-4)7-14(12)24-15/h5-8H,1-4H3,(H,18,22). The van der Waals surface area contributed by atoms with Crippen LogP contribution < -0.4 is 15.5 Å². The molecule has 3 rings (SSSR count). The predicted octanol–water partition coefficient (Wildman–Crippen LogP) is 2.40. The highest BCUT2D eigenvalue weighted by molar-refractivity contribution is 6.03. The van der Waals surface area contributed by atoms with Crippen LogP contribution in [0.5, 0.6) is 5.75 Å². The number of nitrogens with one attached hydrogen (secondary N) is 1. The highest BCUT2D eigenvalue weighted by atomic mass is 16.5. The van der Waals surface area contributed by atoms with E-state index in [-0.39, 0.29) is 11.2 Å². The number of ether oxygens (including phenoxy) is 1. The second-order valence-corrected chi connectivity index (χ2v) is 5.46. The van der Waals surface area contributed by atoms with E-state index in [2.05, 4.69) is 10.4 Å². The Morgan fingerprint density at radius 1 is 1.29 bits per heavy atom. The molecule has 0 aliphatic rings. The molecule has 0 saturated heterocycles. The number of carbonyl (C=O) groups is 1. The lowest BCUT2D eigenvalue weighted by atomic mass is 10.2. The number of hydrogen-bond donors (Lipinski definition) is 1. The Morgan fingerprint density at radius 2 is 2.04 bits per heavy atom. The number of hydrogen-bond acceptors (Lipinski definition) is 5. The first-order chi connectivity index (χ1) is 11.4. The van der Waals surface area contributed by atoms with Gasteiger partial charge in [0.25, 0.3) is 5.91 Å². The minimum Gasteiger partial charge on any atom is -0.497 e. The molecule has 2 heterocycles. The zero-order valence-corrected chi connectivity index (χ0v) is 13.8. The van der Waals surface area contributed by atoms with Crippen molar-refractivity contribution >= 4 is 22.6 Å². The van der Waals surface area contributed by atoms with E-state index in [1.165, 1.54) is 13.2 Å². The van der Waals surface area contributed by atoms with Gasteiger partial charge in [-0.2, -0.15) is 5.10 Å². The molecule has 124 valence electrons. The molecule has 7 heteroatoms. The van der Waals surface area contributed by atoms with Gasteiger partial charge in [-0.15, -0.1) is 0 Å². The first kappa shape index (κ1) is 15.8. The van der Waals surface area contributed by atoms with E-state index >= 15 is 0 Å². The van der Waals surface area contributed by atoms with Crippen LogP contribution in [0.1, 0.15) is 21.9 Å². The third-order valence-electron chi connectivity index (χ3n) is 3.91. The average molecular weight is 327 g/mol. The molecule has 0 aliphatic heterocycles. The van der Waals surface area contributed by atoms with Crippen LogP contribution in [0.15, 0.2) is 33.5 Å². The van der Waals surface area contributed by atoms with Gasteiger partial charge in [0.05, 0.1) is 29.6 Å². The lowest BCUT2D eigenvalue weighted by Gasteiger charge is -2.07. The summed E-state index contributed by atoms with van der Waals surface area (Å²) in [7, 11) is 3.31. The summed E-state index contributed by atoms with van der Waals surface area (Å²) in [6.07, 6.45) is 0. The fourth-order valence-electron chi connectivity index (χ4n) is 2.50. The SMILES string of the molecule is COc1ccc2c(=O)cc(C(=O)Nc3c(C)nn(C)c3C)oc2c1. The Balaban J connectivity index is 2.02. The van der Waals surface area contributed by atoms with E-state index in [0.29, 0.717) is 28.1 Å². The van der Waals surface area contributed by atoms with Gasteiger partial charge in [-0.1, -0.05) is 0 Å². The number of aromatic nitrogens is 2. The summed E-state index contributed by atoms with van der Waals surface area (Å²) in [4.78, 5) is 24.7. The van der Waals surface area contributed by atoms with Crippen molar-refractivity contribution in [3.63, 3.8) is 0 Å². The summed E-state index contributed by atoms with van der Waals surface area (Å²) in [6, 6.07) is 6.04. The summed E-state index contributed by atoms with van der Waals surface area (Å²) in [5, 5.41) is 7.38. The minimum absolute atomic E-state index is 0.0663. The molecule has 0 bridgehead atoms. The number of benzene rings is 1. The van der Waals surface area contributed by atoms with Gasteiger partial charge in [0.2, 0.25) is 0 Å². The lowest BCUT2D eigenvalue weighted by Crippen LogP contribution is -2.16. The van der Waals surface area contributed by atoms with Crippen LogP contribution in [0, 0.1) is 13.8 Å². The van der Waals surface area contributed by atoms with Gasteiger partial charge >= 0.3 is 0 Å². The van der Waals surface area contributed by atoms with Gasteiger partial charge in [-0.3, -0.25) is 14.3 Å². The molecule has 1 N–H and O–H groups in total. The first-order valence-electron chi connectivity index (χ1n) is 7.34. The molecule has 7 nitrogen and oxygen atoms in total. The van der Waals surface area contributed by atoms with Crippen LogP contribution in [-0.4, -0.2) is 22.8 Å². The molecule has 2 aromatic heterocycles. The number of methoxy groups -OCH3 is 1. The van der Waals surface area contributed by atoms with Gasteiger partial charge in [0.15, 0.2) is 11.2 Å². The van der Waals surface area contributed by atoms with Crippen molar-refractivity contribution < 1.29 is 13.9 Å². The van der Waals surface area contributed by atoms with Gasteiger partial charge in [-0.05, 0) is 26.0 Å². The summed E-state index contributed by atoms with van der Waals surface area (Å²) in [6.45, 7) is 3.64. The van der Waals surface area contributed by atoms with Crippen molar-refractivity contribution in [3.05, 3.63) is 51.6 Å². The van der Waals surface area contributed by atoms with Gasteiger partial charge in [0.1, 0.15) is 11.3 Å². The van der Waals surface area contributed by atoms with Crippen LogP contribution in [0.25, 0.3) is 11.0 Å². The van der Waals surface area contributed by atoms with Crippen molar-refractivity contribution in [3.8, 4) is 5.75 Å².